The van der Waals surface area contributed by atoms with Gasteiger partial charge >= 0.3 is 0 Å². The monoisotopic (exact) mass is 226 g/mol. The predicted octanol–water partition coefficient (Wildman–Crippen LogP) is 3.82. The second kappa shape index (κ2) is 6.46. The molecule has 0 aliphatic heterocycles. The molecule has 0 aromatic carbocycles. The van der Waals surface area contributed by atoms with Gasteiger partial charge in [0.25, 0.3) is 0 Å². The van der Waals surface area contributed by atoms with E-state index in [-0.39, 0.29) is 5.75 Å². The van der Waals surface area contributed by atoms with Crippen molar-refractivity contribution in [3.05, 3.63) is 11.5 Å². The summed E-state index contributed by atoms with van der Waals surface area (Å²) in [5, 5.41) is 9.79. The molecular weight excluding hydrogens is 204 g/mol. The molecule has 3 nitrogen and oxygen atoms in total. The molecule has 0 unspecified atom stereocenters. The number of furan rings is 1. The molecule has 3 heteroatoms. The highest BCUT2D eigenvalue weighted by atomic mass is 16.5. The van der Waals surface area contributed by atoms with Crippen molar-refractivity contribution in [2.45, 2.75) is 52.9 Å². The second-order valence-electron chi connectivity index (χ2n) is 4.02. The minimum absolute atomic E-state index is 0.176. The molecule has 1 aromatic rings. The van der Waals surface area contributed by atoms with Crippen LogP contribution in [-0.2, 0) is 6.42 Å². The maximum absolute atomic E-state index is 9.79. The number of rotatable bonds is 7. The molecular formula is C13H22O3. The van der Waals surface area contributed by atoms with Gasteiger partial charge in [0.15, 0.2) is 0 Å². The molecule has 1 rings (SSSR count). The third-order valence-electron chi connectivity index (χ3n) is 2.64. The van der Waals surface area contributed by atoms with Crippen LogP contribution in [-0.4, -0.2) is 11.7 Å². The Labute approximate surface area is 97.4 Å². The fraction of sp³-hybridized carbons (Fsp3) is 0.692. The van der Waals surface area contributed by atoms with Crippen LogP contribution in [0.2, 0.25) is 0 Å². The van der Waals surface area contributed by atoms with Gasteiger partial charge in [-0.25, -0.2) is 0 Å². The standard InChI is InChI=1S/C13H22O3/c1-4-6-7-8-9-15-13-10(3)16-11(5-2)12(13)14/h14H,4-9H2,1-3H3. The van der Waals surface area contributed by atoms with Gasteiger partial charge in [0.1, 0.15) is 11.5 Å². The lowest BCUT2D eigenvalue weighted by Gasteiger charge is -2.04. The zero-order chi connectivity index (χ0) is 12.0. The summed E-state index contributed by atoms with van der Waals surface area (Å²) in [5.41, 5.74) is 0. The zero-order valence-electron chi connectivity index (χ0n) is 10.5. The average molecular weight is 226 g/mol. The van der Waals surface area contributed by atoms with E-state index < -0.39 is 0 Å². The zero-order valence-corrected chi connectivity index (χ0v) is 10.5. The number of ether oxygens (including phenoxy) is 1. The Morgan fingerprint density at radius 2 is 1.94 bits per heavy atom. The summed E-state index contributed by atoms with van der Waals surface area (Å²) in [6.45, 7) is 6.60. The van der Waals surface area contributed by atoms with Crippen LogP contribution in [0.15, 0.2) is 4.42 Å². The lowest BCUT2D eigenvalue weighted by molar-refractivity contribution is 0.286. The highest BCUT2D eigenvalue weighted by Gasteiger charge is 2.16. The normalized spacial score (nSPS) is 10.7. The summed E-state index contributed by atoms with van der Waals surface area (Å²) >= 11 is 0. The Hall–Kier alpha value is -1.12. The molecule has 0 bridgehead atoms. The molecule has 1 aromatic heterocycles. The Morgan fingerprint density at radius 3 is 2.50 bits per heavy atom. The van der Waals surface area contributed by atoms with Gasteiger partial charge in [-0.3, -0.25) is 0 Å². The van der Waals surface area contributed by atoms with Crippen LogP contribution in [0.5, 0.6) is 11.5 Å². The summed E-state index contributed by atoms with van der Waals surface area (Å²) in [6, 6.07) is 0. The van der Waals surface area contributed by atoms with Gasteiger partial charge in [-0.1, -0.05) is 33.1 Å². The van der Waals surface area contributed by atoms with Gasteiger partial charge in [-0.15, -0.1) is 0 Å². The first-order valence-electron chi connectivity index (χ1n) is 6.14. The van der Waals surface area contributed by atoms with E-state index in [4.69, 9.17) is 9.15 Å². The Balaban J connectivity index is 2.44. The van der Waals surface area contributed by atoms with Gasteiger partial charge in [-0.05, 0) is 13.3 Å². The smallest absolute Gasteiger partial charge is 0.202 e. The summed E-state index contributed by atoms with van der Waals surface area (Å²) in [5.74, 6) is 1.98. The van der Waals surface area contributed by atoms with Crippen molar-refractivity contribution in [2.75, 3.05) is 6.61 Å². The molecule has 0 fully saturated rings. The fourth-order valence-corrected chi connectivity index (χ4v) is 1.69. The number of hydrogen-bond acceptors (Lipinski definition) is 3. The van der Waals surface area contributed by atoms with E-state index in [9.17, 15) is 5.11 Å². The summed E-state index contributed by atoms with van der Waals surface area (Å²) < 4.78 is 11.0. The molecule has 0 saturated heterocycles. The summed E-state index contributed by atoms with van der Waals surface area (Å²) in [4.78, 5) is 0. The first-order chi connectivity index (χ1) is 7.70. The van der Waals surface area contributed by atoms with Crippen LogP contribution < -0.4 is 4.74 Å². The molecule has 92 valence electrons. The quantitative estimate of drug-likeness (QED) is 0.719. The number of aryl methyl sites for hydroxylation is 2. The topological polar surface area (TPSA) is 42.6 Å². The molecule has 0 saturated carbocycles. The van der Waals surface area contributed by atoms with Gasteiger partial charge < -0.3 is 14.3 Å². The molecule has 16 heavy (non-hydrogen) atoms. The first-order valence-corrected chi connectivity index (χ1v) is 6.14. The van der Waals surface area contributed by atoms with Gasteiger partial charge in [0.05, 0.1) is 6.61 Å². The van der Waals surface area contributed by atoms with E-state index in [1.807, 2.05) is 13.8 Å². The Bertz CT molecular complexity index is 315. The molecule has 1 heterocycles. The summed E-state index contributed by atoms with van der Waals surface area (Å²) in [7, 11) is 0. The number of aromatic hydroxyl groups is 1. The van der Waals surface area contributed by atoms with Crippen molar-refractivity contribution in [1.29, 1.82) is 0 Å². The van der Waals surface area contributed by atoms with Crippen LogP contribution in [0.3, 0.4) is 0 Å². The fourth-order valence-electron chi connectivity index (χ4n) is 1.69. The van der Waals surface area contributed by atoms with Crippen molar-refractivity contribution < 1.29 is 14.3 Å². The third kappa shape index (κ3) is 3.19. The first kappa shape index (κ1) is 12.9. The SMILES string of the molecule is CCCCCCOc1c(C)oc(CC)c1O. The summed E-state index contributed by atoms with van der Waals surface area (Å²) in [6.07, 6.45) is 5.34. The largest absolute Gasteiger partial charge is 0.502 e. The van der Waals surface area contributed by atoms with E-state index >= 15 is 0 Å². The van der Waals surface area contributed by atoms with Crippen molar-refractivity contribution in [3.8, 4) is 11.5 Å². The molecule has 0 spiro atoms. The third-order valence-corrected chi connectivity index (χ3v) is 2.64. The van der Waals surface area contributed by atoms with Crippen molar-refractivity contribution in [3.63, 3.8) is 0 Å². The van der Waals surface area contributed by atoms with E-state index in [0.717, 1.165) is 6.42 Å². The maximum Gasteiger partial charge on any atom is 0.202 e. The predicted molar refractivity (Wildman–Crippen MR) is 64.1 cm³/mol. The van der Waals surface area contributed by atoms with Crippen molar-refractivity contribution in [2.24, 2.45) is 0 Å². The van der Waals surface area contributed by atoms with Gasteiger partial charge in [-0.2, -0.15) is 0 Å². The van der Waals surface area contributed by atoms with Crippen molar-refractivity contribution in [1.82, 2.24) is 0 Å². The van der Waals surface area contributed by atoms with Crippen molar-refractivity contribution >= 4 is 0 Å². The van der Waals surface area contributed by atoms with Crippen LogP contribution in [0.1, 0.15) is 51.1 Å². The maximum atomic E-state index is 9.79. The number of hydrogen-bond donors (Lipinski definition) is 1. The number of unbranched alkanes of at least 4 members (excludes halogenated alkanes) is 3. The highest BCUT2D eigenvalue weighted by molar-refractivity contribution is 5.44. The molecule has 0 amide bonds. The Morgan fingerprint density at radius 1 is 1.19 bits per heavy atom. The molecule has 0 atom stereocenters. The molecule has 0 aliphatic rings. The van der Waals surface area contributed by atoms with E-state index in [1.54, 1.807) is 0 Å². The highest BCUT2D eigenvalue weighted by Crippen LogP contribution is 2.36. The lowest BCUT2D eigenvalue weighted by Crippen LogP contribution is -1.97. The molecule has 0 radical (unpaired) electrons. The van der Waals surface area contributed by atoms with E-state index in [0.29, 0.717) is 30.3 Å². The Kier molecular flexibility index (Phi) is 5.23. The lowest BCUT2D eigenvalue weighted by atomic mass is 10.2. The van der Waals surface area contributed by atoms with Gasteiger partial charge in [0, 0.05) is 6.42 Å². The second-order valence-corrected chi connectivity index (χ2v) is 4.02. The van der Waals surface area contributed by atoms with Crippen LogP contribution in [0, 0.1) is 6.92 Å². The molecule has 1 N–H and O–H groups in total. The van der Waals surface area contributed by atoms with E-state index in [2.05, 4.69) is 6.92 Å². The average Bonchev–Trinajstić information content (AvgIpc) is 2.55. The van der Waals surface area contributed by atoms with Crippen LogP contribution in [0.4, 0.5) is 0 Å². The van der Waals surface area contributed by atoms with E-state index in [1.165, 1.54) is 19.3 Å². The van der Waals surface area contributed by atoms with Crippen LogP contribution in [0.25, 0.3) is 0 Å². The van der Waals surface area contributed by atoms with Gasteiger partial charge in [0.2, 0.25) is 11.5 Å². The minimum Gasteiger partial charge on any atom is -0.502 e. The molecule has 0 aliphatic carbocycles. The van der Waals surface area contributed by atoms with Crippen LogP contribution >= 0.6 is 0 Å². The minimum atomic E-state index is 0.176.